The largest absolute Gasteiger partial charge is 0.322 e. The maximum atomic E-state index is 13.0. The molecule has 3 atom stereocenters. The molecule has 0 spiro atoms. The third-order valence-electron chi connectivity index (χ3n) is 7.21. The summed E-state index contributed by atoms with van der Waals surface area (Å²) >= 11 is 0. The fourth-order valence-corrected chi connectivity index (χ4v) is 5.64. The molecule has 0 aliphatic carbocycles. The molecule has 0 aromatic heterocycles. The quantitative estimate of drug-likeness (QED) is 0.734. The summed E-state index contributed by atoms with van der Waals surface area (Å²) in [6, 6.07) is 6.29. The van der Waals surface area contributed by atoms with Gasteiger partial charge in [-0.05, 0) is 68.3 Å². The van der Waals surface area contributed by atoms with Crippen molar-refractivity contribution in [3.05, 3.63) is 34.9 Å². The SMILES string of the molecule is O=C1CCC(N2Cc3ccc(CN4CCCC(C5CCCN5)C4)cc3C2=O)C(=O)N1. The van der Waals surface area contributed by atoms with Gasteiger partial charge in [0.1, 0.15) is 6.04 Å². The Balaban J connectivity index is 1.26. The van der Waals surface area contributed by atoms with Gasteiger partial charge in [-0.25, -0.2) is 0 Å². The minimum Gasteiger partial charge on any atom is -0.322 e. The summed E-state index contributed by atoms with van der Waals surface area (Å²) in [4.78, 5) is 40.8. The second-order valence-corrected chi connectivity index (χ2v) is 9.23. The van der Waals surface area contributed by atoms with Crippen molar-refractivity contribution in [1.29, 1.82) is 0 Å². The normalized spacial score (nSPS) is 29.9. The third-order valence-corrected chi connectivity index (χ3v) is 7.21. The lowest BCUT2D eigenvalue weighted by Gasteiger charge is -2.36. The standard InChI is InChI=1S/C23H30N4O3/c28-21-8-7-20(22(29)25-21)27-14-16-6-5-15(11-18(16)23(27)30)12-26-10-2-3-17(13-26)19-4-1-9-24-19/h5-6,11,17,19-20,24H,1-4,7-10,12-14H2,(H,25,28,29). The van der Waals surface area contributed by atoms with Crippen molar-refractivity contribution in [1.82, 2.24) is 20.4 Å². The number of likely N-dealkylation sites (tertiary alicyclic amines) is 1. The van der Waals surface area contributed by atoms with Crippen molar-refractivity contribution >= 4 is 17.7 Å². The second kappa shape index (κ2) is 8.12. The van der Waals surface area contributed by atoms with Gasteiger partial charge in [0.2, 0.25) is 11.8 Å². The monoisotopic (exact) mass is 410 g/mol. The van der Waals surface area contributed by atoms with Crippen molar-refractivity contribution < 1.29 is 14.4 Å². The van der Waals surface area contributed by atoms with Gasteiger partial charge >= 0.3 is 0 Å². The minimum absolute atomic E-state index is 0.0898. The number of benzene rings is 1. The number of amides is 3. The second-order valence-electron chi connectivity index (χ2n) is 9.23. The lowest BCUT2D eigenvalue weighted by atomic mass is 9.89. The first-order chi connectivity index (χ1) is 14.6. The van der Waals surface area contributed by atoms with Crippen LogP contribution in [0.5, 0.6) is 0 Å². The highest BCUT2D eigenvalue weighted by Crippen LogP contribution is 2.30. The first-order valence-corrected chi connectivity index (χ1v) is 11.3. The molecule has 1 aromatic rings. The van der Waals surface area contributed by atoms with Crippen molar-refractivity contribution in [3.8, 4) is 0 Å². The maximum absolute atomic E-state index is 13.0. The molecule has 7 heteroatoms. The topological polar surface area (TPSA) is 81.8 Å². The van der Waals surface area contributed by atoms with E-state index in [0.717, 1.165) is 43.2 Å². The summed E-state index contributed by atoms with van der Waals surface area (Å²) in [6.45, 7) is 4.68. The molecule has 4 aliphatic heterocycles. The maximum Gasteiger partial charge on any atom is 0.255 e. The van der Waals surface area contributed by atoms with Crippen LogP contribution in [0, 0.1) is 5.92 Å². The Morgan fingerprint density at radius 3 is 2.77 bits per heavy atom. The molecule has 2 N–H and O–H groups in total. The molecule has 3 saturated heterocycles. The van der Waals surface area contributed by atoms with E-state index in [1.54, 1.807) is 4.90 Å². The zero-order valence-electron chi connectivity index (χ0n) is 17.4. The van der Waals surface area contributed by atoms with Gasteiger partial charge in [-0.15, -0.1) is 0 Å². The highest BCUT2D eigenvalue weighted by atomic mass is 16.2. The van der Waals surface area contributed by atoms with E-state index in [0.29, 0.717) is 24.6 Å². The molecule has 30 heavy (non-hydrogen) atoms. The van der Waals surface area contributed by atoms with E-state index in [1.165, 1.54) is 25.7 Å². The summed E-state index contributed by atoms with van der Waals surface area (Å²) in [5.74, 6) is 0.0243. The van der Waals surface area contributed by atoms with Crippen LogP contribution in [-0.4, -0.2) is 59.2 Å². The lowest BCUT2D eigenvalue weighted by Crippen LogP contribution is -2.52. The molecule has 4 heterocycles. The number of rotatable bonds is 4. The third kappa shape index (κ3) is 3.76. The molecule has 0 bridgehead atoms. The number of hydrogen-bond donors (Lipinski definition) is 2. The molecule has 160 valence electrons. The van der Waals surface area contributed by atoms with E-state index in [1.807, 2.05) is 12.1 Å². The summed E-state index contributed by atoms with van der Waals surface area (Å²) < 4.78 is 0. The molecule has 3 amide bonds. The van der Waals surface area contributed by atoms with Crippen molar-refractivity contribution in [2.75, 3.05) is 19.6 Å². The molecule has 1 aromatic carbocycles. The van der Waals surface area contributed by atoms with Crippen LogP contribution >= 0.6 is 0 Å². The van der Waals surface area contributed by atoms with Crippen LogP contribution in [0.1, 0.15) is 60.0 Å². The molecule has 7 nitrogen and oxygen atoms in total. The summed E-state index contributed by atoms with van der Waals surface area (Å²) in [6.07, 6.45) is 5.81. The van der Waals surface area contributed by atoms with Gasteiger partial charge < -0.3 is 10.2 Å². The first-order valence-electron chi connectivity index (χ1n) is 11.3. The molecule has 4 aliphatic rings. The molecular formula is C23H30N4O3. The number of fused-ring (bicyclic) bond motifs is 1. The van der Waals surface area contributed by atoms with Crippen molar-refractivity contribution in [3.63, 3.8) is 0 Å². The number of nitrogens with zero attached hydrogens (tertiary/aromatic N) is 2. The average molecular weight is 411 g/mol. The van der Waals surface area contributed by atoms with E-state index < -0.39 is 6.04 Å². The highest BCUT2D eigenvalue weighted by molar-refractivity contribution is 6.05. The average Bonchev–Trinajstić information content (AvgIpc) is 3.38. The summed E-state index contributed by atoms with van der Waals surface area (Å²) in [7, 11) is 0. The number of imide groups is 1. The number of carbonyl (C=O) groups excluding carboxylic acids is 3. The Hall–Kier alpha value is -2.25. The Kier molecular flexibility index (Phi) is 5.33. The Bertz CT molecular complexity index is 864. The fourth-order valence-electron chi connectivity index (χ4n) is 5.64. The van der Waals surface area contributed by atoms with Crippen LogP contribution in [0.25, 0.3) is 0 Å². The van der Waals surface area contributed by atoms with E-state index in [9.17, 15) is 14.4 Å². The highest BCUT2D eigenvalue weighted by Gasteiger charge is 2.39. The Morgan fingerprint density at radius 2 is 1.97 bits per heavy atom. The fraction of sp³-hybridized carbons (Fsp3) is 0.609. The van der Waals surface area contributed by atoms with Gasteiger partial charge in [-0.2, -0.15) is 0 Å². The zero-order chi connectivity index (χ0) is 20.7. The molecule has 3 fully saturated rings. The van der Waals surface area contributed by atoms with E-state index >= 15 is 0 Å². The van der Waals surface area contributed by atoms with Gasteiger partial charge in [-0.1, -0.05) is 12.1 Å². The molecular weight excluding hydrogens is 380 g/mol. The summed E-state index contributed by atoms with van der Waals surface area (Å²) in [5.41, 5.74) is 2.84. The van der Waals surface area contributed by atoms with Crippen LogP contribution in [-0.2, 0) is 22.7 Å². The van der Waals surface area contributed by atoms with Gasteiger partial charge in [-0.3, -0.25) is 24.6 Å². The Morgan fingerprint density at radius 1 is 1.07 bits per heavy atom. The molecule has 0 saturated carbocycles. The predicted octanol–water partition coefficient (Wildman–Crippen LogP) is 1.41. The van der Waals surface area contributed by atoms with Gasteiger partial charge in [0.25, 0.3) is 5.91 Å². The number of nitrogens with one attached hydrogen (secondary N) is 2. The van der Waals surface area contributed by atoms with Gasteiger partial charge in [0, 0.05) is 37.7 Å². The van der Waals surface area contributed by atoms with Crippen LogP contribution in [0.2, 0.25) is 0 Å². The van der Waals surface area contributed by atoms with Crippen LogP contribution in [0.15, 0.2) is 18.2 Å². The number of hydrogen-bond acceptors (Lipinski definition) is 5. The number of carbonyl (C=O) groups is 3. The predicted molar refractivity (Wildman–Crippen MR) is 112 cm³/mol. The van der Waals surface area contributed by atoms with E-state index in [4.69, 9.17) is 0 Å². The van der Waals surface area contributed by atoms with Crippen molar-refractivity contribution in [2.45, 2.75) is 63.7 Å². The molecule has 3 unspecified atom stereocenters. The minimum atomic E-state index is -0.548. The van der Waals surface area contributed by atoms with Gasteiger partial charge in [0.15, 0.2) is 0 Å². The molecule has 0 radical (unpaired) electrons. The smallest absolute Gasteiger partial charge is 0.255 e. The van der Waals surface area contributed by atoms with Gasteiger partial charge in [0.05, 0.1) is 0 Å². The molecule has 5 rings (SSSR count). The Labute approximate surface area is 177 Å². The first kappa shape index (κ1) is 19.7. The van der Waals surface area contributed by atoms with E-state index in [2.05, 4.69) is 21.6 Å². The number of piperidine rings is 2. The van der Waals surface area contributed by atoms with Crippen LogP contribution in [0.3, 0.4) is 0 Å². The lowest BCUT2D eigenvalue weighted by molar-refractivity contribution is -0.136. The zero-order valence-corrected chi connectivity index (χ0v) is 17.4. The summed E-state index contributed by atoms with van der Waals surface area (Å²) in [5, 5.41) is 6.03. The van der Waals surface area contributed by atoms with Crippen LogP contribution in [0.4, 0.5) is 0 Å². The van der Waals surface area contributed by atoms with Crippen molar-refractivity contribution in [2.24, 2.45) is 5.92 Å². The van der Waals surface area contributed by atoms with Crippen LogP contribution < -0.4 is 10.6 Å². The van der Waals surface area contributed by atoms with E-state index in [-0.39, 0.29) is 24.1 Å².